The molecule has 2 aromatic carbocycles. The highest BCUT2D eigenvalue weighted by Crippen LogP contribution is 2.28. The molecule has 0 fully saturated rings. The average Bonchev–Trinajstić information content (AvgIpc) is 2.76. The number of unbranched alkanes of at least 4 members (excludes halogenated alkanes) is 1. The van der Waals surface area contributed by atoms with E-state index in [0.29, 0.717) is 22.8 Å². The van der Waals surface area contributed by atoms with Crippen LogP contribution in [-0.2, 0) is 10.0 Å². The lowest BCUT2D eigenvalue weighted by Gasteiger charge is -2.09. The first kappa shape index (κ1) is 23.1. The number of pyridine rings is 1. The highest BCUT2D eigenvalue weighted by Gasteiger charge is 2.14. The number of nitrogens with one attached hydrogen (secondary N) is 2. The van der Waals surface area contributed by atoms with Crippen LogP contribution in [0, 0.1) is 0 Å². The summed E-state index contributed by atoms with van der Waals surface area (Å²) >= 11 is 7.23. The lowest BCUT2D eigenvalue weighted by molar-refractivity contribution is 0.0952. The summed E-state index contributed by atoms with van der Waals surface area (Å²) in [7, 11) is -3.69. The van der Waals surface area contributed by atoms with Crippen molar-refractivity contribution in [2.24, 2.45) is 0 Å². The molecule has 0 saturated heterocycles. The maximum absolute atomic E-state index is 12.5. The Bertz CT molecular complexity index is 1120. The second-order valence-electron chi connectivity index (χ2n) is 6.68. The molecule has 0 spiro atoms. The summed E-state index contributed by atoms with van der Waals surface area (Å²) in [4.78, 5) is 17.4. The first-order valence-electron chi connectivity index (χ1n) is 9.68. The number of aromatic nitrogens is 1. The number of halogens is 1. The number of amides is 1. The summed E-state index contributed by atoms with van der Waals surface area (Å²) in [6, 6.07) is 16.5. The number of rotatable bonds is 9. The number of hydrogen-bond donors (Lipinski definition) is 2. The monoisotopic (exact) mass is 475 g/mol. The Labute approximate surface area is 191 Å². The lowest BCUT2D eigenvalue weighted by Crippen LogP contribution is -2.24. The molecule has 2 N–H and O–H groups in total. The van der Waals surface area contributed by atoms with E-state index in [2.05, 4.69) is 21.9 Å². The molecular weight excluding hydrogens is 454 g/mol. The Kier molecular flexibility index (Phi) is 7.95. The molecule has 1 amide bonds. The summed E-state index contributed by atoms with van der Waals surface area (Å²) < 4.78 is 27.5. The van der Waals surface area contributed by atoms with E-state index in [1.165, 1.54) is 36.0 Å². The summed E-state index contributed by atoms with van der Waals surface area (Å²) in [5.41, 5.74) is 0.971. The van der Waals surface area contributed by atoms with Crippen LogP contribution in [0.15, 0.2) is 81.7 Å². The maximum Gasteiger partial charge on any atom is 0.261 e. The molecule has 0 aliphatic heterocycles. The van der Waals surface area contributed by atoms with Crippen molar-refractivity contribution < 1.29 is 13.2 Å². The fraction of sp³-hybridized carbons (Fsp3) is 0.182. The Morgan fingerprint density at radius 1 is 1.03 bits per heavy atom. The van der Waals surface area contributed by atoms with E-state index in [9.17, 15) is 13.2 Å². The predicted octanol–water partition coefficient (Wildman–Crippen LogP) is 5.22. The third-order valence-electron chi connectivity index (χ3n) is 4.27. The van der Waals surface area contributed by atoms with Gasteiger partial charge in [-0.3, -0.25) is 9.52 Å². The zero-order valence-electron chi connectivity index (χ0n) is 16.8. The van der Waals surface area contributed by atoms with Crippen LogP contribution in [0.25, 0.3) is 0 Å². The Morgan fingerprint density at radius 3 is 2.35 bits per heavy atom. The maximum atomic E-state index is 12.5. The van der Waals surface area contributed by atoms with Crippen LogP contribution in [-0.4, -0.2) is 25.9 Å². The van der Waals surface area contributed by atoms with Crippen molar-refractivity contribution in [1.82, 2.24) is 10.3 Å². The van der Waals surface area contributed by atoms with Gasteiger partial charge in [-0.25, -0.2) is 13.4 Å². The van der Waals surface area contributed by atoms with E-state index in [0.717, 1.165) is 22.8 Å². The molecule has 162 valence electrons. The molecule has 6 nitrogen and oxygen atoms in total. The minimum atomic E-state index is -3.69. The number of hydrogen-bond acceptors (Lipinski definition) is 5. The highest BCUT2D eigenvalue weighted by molar-refractivity contribution is 7.99. The van der Waals surface area contributed by atoms with Crippen molar-refractivity contribution in [3.05, 3.63) is 77.4 Å². The number of anilines is 1. The van der Waals surface area contributed by atoms with Crippen molar-refractivity contribution in [1.29, 1.82) is 0 Å². The second-order valence-corrected chi connectivity index (χ2v) is 9.89. The molecule has 9 heteroatoms. The Hall–Kier alpha value is -2.55. The average molecular weight is 476 g/mol. The zero-order chi connectivity index (χ0) is 22.3. The Morgan fingerprint density at radius 2 is 1.74 bits per heavy atom. The lowest BCUT2D eigenvalue weighted by atomic mass is 10.2. The molecule has 3 aromatic rings. The molecule has 0 aliphatic carbocycles. The minimum absolute atomic E-state index is 0.130. The van der Waals surface area contributed by atoms with E-state index in [-0.39, 0.29) is 10.8 Å². The van der Waals surface area contributed by atoms with Gasteiger partial charge in [0.15, 0.2) is 0 Å². The van der Waals surface area contributed by atoms with Crippen LogP contribution in [0.5, 0.6) is 0 Å². The molecule has 0 saturated carbocycles. The second kappa shape index (κ2) is 10.7. The molecule has 0 radical (unpaired) electrons. The number of benzene rings is 2. The van der Waals surface area contributed by atoms with Gasteiger partial charge in [0.2, 0.25) is 0 Å². The van der Waals surface area contributed by atoms with Crippen LogP contribution in [0.4, 0.5) is 5.69 Å². The van der Waals surface area contributed by atoms with Gasteiger partial charge in [0, 0.05) is 28.3 Å². The third-order valence-corrected chi connectivity index (χ3v) is 6.87. The van der Waals surface area contributed by atoms with E-state index in [1.807, 2.05) is 0 Å². The van der Waals surface area contributed by atoms with Gasteiger partial charge in [-0.15, -0.1) is 0 Å². The first-order valence-corrected chi connectivity index (χ1v) is 12.4. The van der Waals surface area contributed by atoms with E-state index in [4.69, 9.17) is 11.6 Å². The van der Waals surface area contributed by atoms with E-state index >= 15 is 0 Å². The quantitative estimate of drug-likeness (QED) is 0.414. The van der Waals surface area contributed by atoms with Crippen molar-refractivity contribution in [2.45, 2.75) is 34.6 Å². The van der Waals surface area contributed by atoms with Crippen LogP contribution >= 0.6 is 23.4 Å². The SMILES string of the molecule is CCCCNC(=O)c1ccc(Sc2ccc(NS(=O)(=O)c3ccc(Cl)cc3)cc2)nc1. The van der Waals surface area contributed by atoms with Gasteiger partial charge >= 0.3 is 0 Å². The number of carbonyl (C=O) groups is 1. The number of sulfonamides is 1. The molecule has 31 heavy (non-hydrogen) atoms. The molecule has 0 atom stereocenters. The minimum Gasteiger partial charge on any atom is -0.352 e. The fourth-order valence-corrected chi connectivity index (χ4v) is 4.54. The van der Waals surface area contributed by atoms with Crippen molar-refractivity contribution in [3.63, 3.8) is 0 Å². The molecular formula is C22H22ClN3O3S2. The number of carbonyl (C=O) groups excluding carboxylic acids is 1. The Balaban J connectivity index is 1.60. The van der Waals surface area contributed by atoms with Crippen molar-refractivity contribution in [2.75, 3.05) is 11.3 Å². The van der Waals surface area contributed by atoms with Gasteiger partial charge in [0.1, 0.15) is 5.03 Å². The fourth-order valence-electron chi connectivity index (χ4n) is 2.60. The molecule has 3 rings (SSSR count). The number of nitrogens with zero attached hydrogens (tertiary/aromatic N) is 1. The first-order chi connectivity index (χ1) is 14.9. The summed E-state index contributed by atoms with van der Waals surface area (Å²) in [6.45, 7) is 2.72. The predicted molar refractivity (Wildman–Crippen MR) is 124 cm³/mol. The van der Waals surface area contributed by atoms with Gasteiger partial charge in [-0.1, -0.05) is 36.7 Å². The standard InChI is InChI=1S/C22H22ClN3O3S2/c1-2-3-14-24-22(27)16-4-13-21(25-15-16)30-19-9-7-18(8-10-19)26-31(28,29)20-11-5-17(23)6-12-20/h4-13,15,26H,2-3,14H2,1H3,(H,24,27). The third kappa shape index (κ3) is 6.72. The zero-order valence-corrected chi connectivity index (χ0v) is 19.2. The molecule has 0 aliphatic rings. The smallest absolute Gasteiger partial charge is 0.261 e. The van der Waals surface area contributed by atoms with Crippen molar-refractivity contribution >= 4 is 45.0 Å². The largest absolute Gasteiger partial charge is 0.352 e. The van der Waals surface area contributed by atoms with Gasteiger partial charge in [-0.05, 0) is 67.1 Å². The van der Waals surface area contributed by atoms with Gasteiger partial charge < -0.3 is 5.32 Å². The van der Waals surface area contributed by atoms with E-state index in [1.54, 1.807) is 42.6 Å². The summed E-state index contributed by atoms with van der Waals surface area (Å²) in [6.07, 6.45) is 3.52. The van der Waals surface area contributed by atoms with E-state index < -0.39 is 10.0 Å². The topological polar surface area (TPSA) is 88.2 Å². The van der Waals surface area contributed by atoms with Crippen molar-refractivity contribution in [3.8, 4) is 0 Å². The van der Waals surface area contributed by atoms with Gasteiger partial charge in [-0.2, -0.15) is 0 Å². The molecule has 0 unspecified atom stereocenters. The normalized spacial score (nSPS) is 11.2. The molecule has 0 bridgehead atoms. The van der Waals surface area contributed by atoms with Crippen LogP contribution in [0.1, 0.15) is 30.1 Å². The van der Waals surface area contributed by atoms with Crippen LogP contribution in [0.2, 0.25) is 5.02 Å². The van der Waals surface area contributed by atoms with Crippen LogP contribution < -0.4 is 10.0 Å². The van der Waals surface area contributed by atoms with Crippen LogP contribution in [0.3, 0.4) is 0 Å². The molecule has 1 aromatic heterocycles. The molecule has 1 heterocycles. The van der Waals surface area contributed by atoms with Gasteiger partial charge in [0.25, 0.3) is 15.9 Å². The van der Waals surface area contributed by atoms with Gasteiger partial charge in [0.05, 0.1) is 10.5 Å². The summed E-state index contributed by atoms with van der Waals surface area (Å²) in [5, 5.41) is 4.07. The summed E-state index contributed by atoms with van der Waals surface area (Å²) in [5.74, 6) is -0.130. The highest BCUT2D eigenvalue weighted by atomic mass is 35.5.